The van der Waals surface area contributed by atoms with Crippen LogP contribution in [0.3, 0.4) is 0 Å². The Kier molecular flexibility index (Phi) is 2.20. The summed E-state index contributed by atoms with van der Waals surface area (Å²) in [7, 11) is 0. The lowest BCUT2D eigenvalue weighted by atomic mass is 10.2. The highest BCUT2D eigenvalue weighted by molar-refractivity contribution is 7.09. The molecular weight excluding hydrogens is 204 g/mol. The van der Waals surface area contributed by atoms with Gasteiger partial charge in [-0.05, 0) is 29.2 Å². The van der Waals surface area contributed by atoms with Gasteiger partial charge in [0.15, 0.2) is 0 Å². The van der Waals surface area contributed by atoms with Gasteiger partial charge in [-0.25, -0.2) is 0 Å². The Morgan fingerprint density at radius 1 is 1.23 bits per heavy atom. The van der Waals surface area contributed by atoms with Crippen LogP contribution < -0.4 is 5.73 Å². The fraction of sp³-hybridized carbons (Fsp3) is 0. The molecule has 0 saturated carbocycles. The number of aromatic nitrogens is 1. The van der Waals surface area contributed by atoms with E-state index in [0.717, 1.165) is 15.5 Å². The third-order valence-corrected chi connectivity index (χ3v) is 2.76. The maximum Gasteiger partial charge on any atom is 0.137 e. The minimum absolute atomic E-state index is 0.565. The number of anilines is 1. The van der Waals surface area contributed by atoms with Crippen LogP contribution in [-0.4, -0.2) is 4.37 Å². The van der Waals surface area contributed by atoms with Gasteiger partial charge in [0.25, 0.3) is 0 Å². The van der Waals surface area contributed by atoms with Gasteiger partial charge in [0.05, 0.1) is 4.88 Å². The van der Waals surface area contributed by atoms with Crippen molar-refractivity contribution in [3.8, 4) is 10.4 Å². The zero-order valence-electron chi connectivity index (χ0n) is 6.70. The maximum absolute atomic E-state index is 5.77. The topological polar surface area (TPSA) is 38.9 Å². The van der Waals surface area contributed by atoms with E-state index in [4.69, 9.17) is 17.3 Å². The zero-order valence-corrected chi connectivity index (χ0v) is 8.27. The van der Waals surface area contributed by atoms with Crippen molar-refractivity contribution >= 4 is 29.0 Å². The first-order chi connectivity index (χ1) is 6.25. The second-order valence-electron chi connectivity index (χ2n) is 2.62. The molecule has 66 valence electrons. The molecule has 0 aliphatic heterocycles. The van der Waals surface area contributed by atoms with Crippen LogP contribution in [0, 0.1) is 0 Å². The van der Waals surface area contributed by atoms with Crippen molar-refractivity contribution in [1.82, 2.24) is 4.37 Å². The molecule has 2 aromatic rings. The Labute approximate surface area is 85.1 Å². The largest absolute Gasteiger partial charge is 0.383 e. The average molecular weight is 211 g/mol. The highest BCUT2D eigenvalue weighted by Crippen LogP contribution is 2.26. The maximum atomic E-state index is 5.77. The minimum Gasteiger partial charge on any atom is -0.383 e. The summed E-state index contributed by atoms with van der Waals surface area (Å²) >= 11 is 7.16. The van der Waals surface area contributed by atoms with E-state index in [1.54, 1.807) is 0 Å². The summed E-state index contributed by atoms with van der Waals surface area (Å²) in [6.07, 6.45) is 0. The summed E-state index contributed by atoms with van der Waals surface area (Å²) in [6, 6.07) is 9.47. The Morgan fingerprint density at radius 3 is 2.46 bits per heavy atom. The van der Waals surface area contributed by atoms with Gasteiger partial charge in [-0.1, -0.05) is 23.7 Å². The van der Waals surface area contributed by atoms with Crippen LogP contribution in [0.4, 0.5) is 5.82 Å². The highest BCUT2D eigenvalue weighted by Gasteiger charge is 2.01. The molecule has 0 fully saturated rings. The number of rotatable bonds is 1. The molecule has 0 saturated heterocycles. The molecule has 2 N–H and O–H groups in total. The normalized spacial score (nSPS) is 10.2. The molecule has 0 atom stereocenters. The molecular formula is C9H7ClN2S. The van der Waals surface area contributed by atoms with Crippen LogP contribution in [0.25, 0.3) is 10.4 Å². The van der Waals surface area contributed by atoms with Crippen molar-refractivity contribution in [2.24, 2.45) is 0 Å². The lowest BCUT2D eigenvalue weighted by Gasteiger charge is -1.94. The summed E-state index contributed by atoms with van der Waals surface area (Å²) in [6.45, 7) is 0. The summed E-state index contributed by atoms with van der Waals surface area (Å²) in [5.74, 6) is 0.565. The summed E-state index contributed by atoms with van der Waals surface area (Å²) in [5, 5.41) is 0.737. The van der Waals surface area contributed by atoms with Crippen LogP contribution in [-0.2, 0) is 0 Å². The molecule has 0 bridgehead atoms. The van der Waals surface area contributed by atoms with Crippen LogP contribution >= 0.6 is 23.1 Å². The smallest absolute Gasteiger partial charge is 0.137 e. The summed E-state index contributed by atoms with van der Waals surface area (Å²) in [5.41, 5.74) is 6.62. The quantitative estimate of drug-likeness (QED) is 0.786. The number of nitrogens with two attached hydrogens (primary N) is 1. The number of halogens is 1. The van der Waals surface area contributed by atoms with E-state index in [-0.39, 0.29) is 0 Å². The van der Waals surface area contributed by atoms with Gasteiger partial charge in [-0.15, -0.1) is 0 Å². The van der Waals surface area contributed by atoms with Gasteiger partial charge in [-0.2, -0.15) is 4.37 Å². The third kappa shape index (κ3) is 1.82. The molecule has 0 unspecified atom stereocenters. The van der Waals surface area contributed by atoms with Crippen molar-refractivity contribution in [3.63, 3.8) is 0 Å². The molecule has 0 amide bonds. The van der Waals surface area contributed by atoms with E-state index in [0.29, 0.717) is 5.82 Å². The van der Waals surface area contributed by atoms with Crippen LogP contribution in [0.1, 0.15) is 0 Å². The monoisotopic (exact) mass is 210 g/mol. The van der Waals surface area contributed by atoms with Crippen LogP contribution in [0.2, 0.25) is 5.02 Å². The number of hydrogen-bond acceptors (Lipinski definition) is 3. The molecule has 1 aromatic heterocycles. The van der Waals surface area contributed by atoms with Crippen molar-refractivity contribution in [3.05, 3.63) is 35.4 Å². The van der Waals surface area contributed by atoms with E-state index >= 15 is 0 Å². The molecule has 2 nitrogen and oxygen atoms in total. The molecule has 1 aromatic carbocycles. The molecule has 2 rings (SSSR count). The van der Waals surface area contributed by atoms with Gasteiger partial charge in [0, 0.05) is 11.1 Å². The van der Waals surface area contributed by atoms with Gasteiger partial charge < -0.3 is 5.73 Å². The van der Waals surface area contributed by atoms with Gasteiger partial charge in [-0.3, -0.25) is 0 Å². The van der Waals surface area contributed by atoms with E-state index in [2.05, 4.69) is 4.37 Å². The third-order valence-electron chi connectivity index (χ3n) is 1.66. The number of hydrogen-bond donors (Lipinski definition) is 1. The van der Waals surface area contributed by atoms with Gasteiger partial charge in [0.2, 0.25) is 0 Å². The first-order valence-electron chi connectivity index (χ1n) is 3.74. The van der Waals surface area contributed by atoms with Crippen molar-refractivity contribution in [1.29, 1.82) is 0 Å². The predicted molar refractivity (Wildman–Crippen MR) is 57.0 cm³/mol. The molecule has 0 radical (unpaired) electrons. The second kappa shape index (κ2) is 3.36. The Hall–Kier alpha value is -1.06. The lowest BCUT2D eigenvalue weighted by Crippen LogP contribution is -1.79. The van der Waals surface area contributed by atoms with E-state index in [9.17, 15) is 0 Å². The zero-order chi connectivity index (χ0) is 9.26. The van der Waals surface area contributed by atoms with Crippen molar-refractivity contribution in [2.45, 2.75) is 0 Å². The van der Waals surface area contributed by atoms with Gasteiger partial charge >= 0.3 is 0 Å². The highest BCUT2D eigenvalue weighted by atomic mass is 35.5. The predicted octanol–water partition coefficient (Wildman–Crippen LogP) is 3.05. The SMILES string of the molecule is Nc1cc(-c2ccc(Cl)cc2)sn1. The fourth-order valence-corrected chi connectivity index (χ4v) is 1.84. The van der Waals surface area contributed by atoms with E-state index < -0.39 is 0 Å². The number of benzene rings is 1. The first-order valence-corrected chi connectivity index (χ1v) is 4.89. The number of nitrogen functional groups attached to an aromatic ring is 1. The standard InChI is InChI=1S/C9H7ClN2S/c10-7-3-1-6(2-4-7)8-5-9(11)12-13-8/h1-5H,(H2,11,12). The first kappa shape index (κ1) is 8.53. The Morgan fingerprint density at radius 2 is 1.92 bits per heavy atom. The van der Waals surface area contributed by atoms with Crippen molar-refractivity contribution < 1.29 is 0 Å². The molecule has 1 heterocycles. The fourth-order valence-electron chi connectivity index (χ4n) is 1.04. The van der Waals surface area contributed by atoms with Crippen LogP contribution in [0.5, 0.6) is 0 Å². The molecule has 13 heavy (non-hydrogen) atoms. The minimum atomic E-state index is 0.565. The van der Waals surface area contributed by atoms with E-state index in [1.807, 2.05) is 30.3 Å². The molecule has 0 aliphatic carbocycles. The lowest BCUT2D eigenvalue weighted by molar-refractivity contribution is 1.56. The molecule has 4 heteroatoms. The molecule has 0 aliphatic rings. The average Bonchev–Trinajstić information content (AvgIpc) is 2.53. The summed E-state index contributed by atoms with van der Waals surface area (Å²) in [4.78, 5) is 1.06. The second-order valence-corrected chi connectivity index (χ2v) is 3.86. The summed E-state index contributed by atoms with van der Waals surface area (Å²) < 4.78 is 4.00. The Balaban J connectivity index is 2.41. The van der Waals surface area contributed by atoms with E-state index in [1.165, 1.54) is 11.5 Å². The number of nitrogens with zero attached hydrogens (tertiary/aromatic N) is 1. The van der Waals surface area contributed by atoms with Gasteiger partial charge in [0.1, 0.15) is 5.82 Å². The van der Waals surface area contributed by atoms with Crippen molar-refractivity contribution in [2.75, 3.05) is 5.73 Å². The van der Waals surface area contributed by atoms with Crippen LogP contribution in [0.15, 0.2) is 30.3 Å². The Bertz CT molecular complexity index is 408. The molecule has 0 spiro atoms.